The van der Waals surface area contributed by atoms with E-state index in [0.717, 1.165) is 67.7 Å². The molecule has 3 amide bonds. The summed E-state index contributed by atoms with van der Waals surface area (Å²) in [6, 6.07) is 3.81. The number of hydrogen-bond donors (Lipinski definition) is 2. The Morgan fingerprint density at radius 2 is 1.76 bits per heavy atom. The molecule has 3 heterocycles. The molecule has 0 radical (unpaired) electrons. The highest BCUT2D eigenvalue weighted by Gasteiger charge is 2.46. The highest BCUT2D eigenvalue weighted by atomic mass is 79.9. The molecule has 0 unspecified atom stereocenters. The van der Waals surface area contributed by atoms with Crippen molar-refractivity contribution < 1.29 is 9.59 Å². The van der Waals surface area contributed by atoms with Gasteiger partial charge in [0.05, 0.1) is 0 Å². The van der Waals surface area contributed by atoms with Gasteiger partial charge < -0.3 is 20.9 Å². The number of carbonyl (C=O) groups is 2. The van der Waals surface area contributed by atoms with Crippen LogP contribution in [0.25, 0.3) is 0 Å². The number of hydrogen-bond acceptors (Lipinski definition) is 3. The van der Waals surface area contributed by atoms with Gasteiger partial charge >= 0.3 is 6.03 Å². The fraction of sp³-hybridized carbons (Fsp3) is 0.571. The summed E-state index contributed by atoms with van der Waals surface area (Å²) in [7, 11) is 0. The highest BCUT2D eigenvalue weighted by Crippen LogP contribution is 2.51. The molecule has 3 aliphatic heterocycles. The van der Waals surface area contributed by atoms with Crippen LogP contribution in [0.4, 0.5) is 4.79 Å². The largest absolute Gasteiger partial charge is 0.383 e. The quantitative estimate of drug-likeness (QED) is 0.429. The number of nitrogens with one attached hydrogen (secondary N) is 1. The summed E-state index contributed by atoms with van der Waals surface area (Å²) in [5.74, 6) is 0.975. The Bertz CT molecular complexity index is 1150. The molecule has 37 heavy (non-hydrogen) atoms. The van der Waals surface area contributed by atoms with Gasteiger partial charge in [-0.25, -0.2) is 4.79 Å². The molecule has 3 N–H and O–H groups in total. The van der Waals surface area contributed by atoms with E-state index in [4.69, 9.17) is 17.3 Å². The topological polar surface area (TPSA) is 78.7 Å². The number of carbonyl (C=O) groups excluding carboxylic acids is 2. The van der Waals surface area contributed by atoms with E-state index in [-0.39, 0.29) is 17.4 Å². The lowest BCUT2D eigenvalue weighted by molar-refractivity contribution is -0.134. The van der Waals surface area contributed by atoms with Crippen LogP contribution in [0.2, 0.25) is 5.02 Å². The lowest BCUT2D eigenvalue weighted by Gasteiger charge is -2.46. The second-order valence-electron chi connectivity index (χ2n) is 11.1. The normalized spacial score (nSPS) is 25.1. The van der Waals surface area contributed by atoms with Gasteiger partial charge in [0.1, 0.15) is 0 Å². The van der Waals surface area contributed by atoms with E-state index in [2.05, 4.69) is 61.1 Å². The lowest BCUT2D eigenvalue weighted by Crippen LogP contribution is -2.48. The van der Waals surface area contributed by atoms with E-state index in [1.807, 2.05) is 6.07 Å². The number of dihydropyridines is 1. The SMILES string of the molecule is C[C@]1(C2CCN(C(=O)CC3CCN(C(N)=O)CC3)CC2)C2=C(C=C(Br)CN2)CCc2cc(Cl)cc(Br)c21. The molecule has 5 rings (SSSR count). The number of allylic oxidation sites excluding steroid dienone is 3. The Morgan fingerprint density at radius 1 is 1.08 bits per heavy atom. The first-order valence-electron chi connectivity index (χ1n) is 13.3. The van der Waals surface area contributed by atoms with Crippen LogP contribution in [0, 0.1) is 11.8 Å². The van der Waals surface area contributed by atoms with Crippen molar-refractivity contribution in [1.29, 1.82) is 0 Å². The molecule has 200 valence electrons. The van der Waals surface area contributed by atoms with Gasteiger partial charge in [0, 0.05) is 64.2 Å². The monoisotopic (exact) mass is 652 g/mol. The van der Waals surface area contributed by atoms with E-state index in [1.54, 1.807) is 4.90 Å². The number of nitrogens with zero attached hydrogens (tertiary/aromatic N) is 2. The minimum absolute atomic E-state index is 0.203. The van der Waals surface area contributed by atoms with Gasteiger partial charge in [0.2, 0.25) is 5.91 Å². The van der Waals surface area contributed by atoms with Crippen molar-refractivity contribution in [3.05, 3.63) is 54.6 Å². The maximum atomic E-state index is 13.2. The molecule has 0 aromatic heterocycles. The molecule has 2 saturated heterocycles. The van der Waals surface area contributed by atoms with Crippen molar-refractivity contribution in [3.8, 4) is 0 Å². The molecule has 0 saturated carbocycles. The number of rotatable bonds is 3. The minimum atomic E-state index is -0.358. The third-order valence-electron chi connectivity index (χ3n) is 8.98. The van der Waals surface area contributed by atoms with Crippen LogP contribution in [-0.2, 0) is 16.6 Å². The van der Waals surface area contributed by atoms with Crippen LogP contribution in [0.5, 0.6) is 0 Å². The summed E-state index contributed by atoms with van der Waals surface area (Å²) in [4.78, 5) is 28.4. The molecule has 2 fully saturated rings. The third kappa shape index (κ3) is 5.35. The van der Waals surface area contributed by atoms with Gasteiger partial charge in [-0.1, -0.05) is 43.5 Å². The summed E-state index contributed by atoms with van der Waals surface area (Å²) >= 11 is 14.1. The van der Waals surface area contributed by atoms with Crippen molar-refractivity contribution >= 4 is 55.4 Å². The fourth-order valence-corrected chi connectivity index (χ4v) is 8.66. The molecule has 6 nitrogen and oxygen atoms in total. The predicted octanol–water partition coefficient (Wildman–Crippen LogP) is 5.86. The Kier molecular flexibility index (Phi) is 8.00. The van der Waals surface area contributed by atoms with Crippen LogP contribution >= 0.6 is 43.5 Å². The Morgan fingerprint density at radius 3 is 2.43 bits per heavy atom. The maximum Gasteiger partial charge on any atom is 0.314 e. The van der Waals surface area contributed by atoms with Gasteiger partial charge in [0.15, 0.2) is 0 Å². The zero-order valence-corrected chi connectivity index (χ0v) is 25.2. The van der Waals surface area contributed by atoms with Crippen LogP contribution < -0.4 is 11.1 Å². The molecule has 1 aromatic carbocycles. The Labute approximate surface area is 241 Å². The lowest BCUT2D eigenvalue weighted by atomic mass is 9.64. The highest BCUT2D eigenvalue weighted by molar-refractivity contribution is 9.11. The van der Waals surface area contributed by atoms with E-state index in [0.29, 0.717) is 31.3 Å². The average Bonchev–Trinajstić information content (AvgIpc) is 2.99. The fourth-order valence-electron chi connectivity index (χ4n) is 6.96. The zero-order chi connectivity index (χ0) is 26.3. The summed E-state index contributed by atoms with van der Waals surface area (Å²) in [5, 5.41) is 4.54. The number of aryl methyl sites for hydroxylation is 1. The number of primary amides is 1. The molecule has 1 atom stereocenters. The van der Waals surface area contributed by atoms with E-state index in [1.165, 1.54) is 26.9 Å². The second-order valence-corrected chi connectivity index (χ2v) is 13.4. The zero-order valence-electron chi connectivity index (χ0n) is 21.3. The molecule has 4 aliphatic rings. The van der Waals surface area contributed by atoms with Crippen molar-refractivity contribution in [2.45, 2.75) is 57.3 Å². The third-order valence-corrected chi connectivity index (χ3v) is 10.3. The predicted molar refractivity (Wildman–Crippen MR) is 155 cm³/mol. The standard InChI is InChI=1S/C28H35Br2ClN4O2/c1-28(20-6-10-34(11-7-20)24(36)12-17-4-8-35(9-5-17)27(32)37)25-18(14-22(31)15-23(25)30)2-3-19-13-21(29)16-33-26(19)28/h13-15,17,20,33H,2-12,16H2,1H3,(H2,32,37)/t28-/m1/s1. The van der Waals surface area contributed by atoms with Gasteiger partial charge in [-0.2, -0.15) is 0 Å². The number of urea groups is 1. The first kappa shape index (κ1) is 27.1. The molecule has 1 aliphatic carbocycles. The summed E-state index contributed by atoms with van der Waals surface area (Å²) < 4.78 is 2.25. The molecular weight excluding hydrogens is 620 g/mol. The molecule has 9 heteroatoms. The Balaban J connectivity index is 1.34. The summed E-state index contributed by atoms with van der Waals surface area (Å²) in [6.07, 6.45) is 8.40. The van der Waals surface area contributed by atoms with Gasteiger partial charge in [-0.15, -0.1) is 0 Å². The van der Waals surface area contributed by atoms with E-state index < -0.39 is 0 Å². The number of halogens is 3. The first-order chi connectivity index (χ1) is 17.7. The van der Waals surface area contributed by atoms with Gasteiger partial charge in [0.25, 0.3) is 0 Å². The number of likely N-dealkylation sites (tertiary alicyclic amines) is 2. The summed E-state index contributed by atoms with van der Waals surface area (Å²) in [6.45, 7) is 6.05. The van der Waals surface area contributed by atoms with Gasteiger partial charge in [-0.05, 0) is 92.2 Å². The summed E-state index contributed by atoms with van der Waals surface area (Å²) in [5.41, 5.74) is 10.5. The second kappa shape index (κ2) is 10.9. The van der Waals surface area contributed by atoms with Gasteiger partial charge in [-0.3, -0.25) is 4.79 Å². The van der Waals surface area contributed by atoms with Crippen molar-refractivity contribution in [1.82, 2.24) is 15.1 Å². The molecular formula is C28H35Br2ClN4O2. The number of piperidine rings is 2. The first-order valence-corrected chi connectivity index (χ1v) is 15.3. The van der Waals surface area contributed by atoms with Crippen LogP contribution in [0.3, 0.4) is 0 Å². The molecule has 0 bridgehead atoms. The average molecular weight is 655 g/mol. The number of nitrogens with two attached hydrogens (primary N) is 1. The van der Waals surface area contributed by atoms with Crippen LogP contribution in [0.1, 0.15) is 56.6 Å². The van der Waals surface area contributed by atoms with Crippen LogP contribution in [0.15, 0.2) is 38.4 Å². The smallest absolute Gasteiger partial charge is 0.314 e. The van der Waals surface area contributed by atoms with Crippen LogP contribution in [-0.4, -0.2) is 54.5 Å². The number of amides is 3. The number of benzene rings is 1. The van der Waals surface area contributed by atoms with Crippen molar-refractivity contribution in [3.63, 3.8) is 0 Å². The maximum absolute atomic E-state index is 13.2. The van der Waals surface area contributed by atoms with Crippen molar-refractivity contribution in [2.75, 3.05) is 32.7 Å². The van der Waals surface area contributed by atoms with E-state index >= 15 is 0 Å². The minimum Gasteiger partial charge on any atom is -0.383 e. The molecule has 1 aromatic rings. The van der Waals surface area contributed by atoms with Crippen molar-refractivity contribution in [2.24, 2.45) is 17.6 Å². The molecule has 0 spiro atoms. The number of fused-ring (bicyclic) bond motifs is 1. The Hall–Kier alpha value is -1.51. The van der Waals surface area contributed by atoms with E-state index in [9.17, 15) is 9.59 Å².